The molecule has 1 aromatic rings. The quantitative estimate of drug-likeness (QED) is 0.396. The van der Waals surface area contributed by atoms with Crippen LogP contribution in [0.2, 0.25) is 0 Å². The number of nitro groups is 1. The van der Waals surface area contributed by atoms with E-state index in [4.69, 9.17) is 10.5 Å². The van der Waals surface area contributed by atoms with Gasteiger partial charge in [0.1, 0.15) is 5.75 Å². The third-order valence-electron chi connectivity index (χ3n) is 3.57. The lowest BCUT2D eigenvalue weighted by Crippen LogP contribution is -2.40. The molecule has 21 heavy (non-hydrogen) atoms. The van der Waals surface area contributed by atoms with E-state index >= 15 is 0 Å². The van der Waals surface area contributed by atoms with Crippen LogP contribution >= 0.6 is 0 Å². The largest absolute Gasteiger partial charge is 0.496 e. The van der Waals surface area contributed by atoms with Gasteiger partial charge in [-0.3, -0.25) is 10.1 Å². The molecule has 0 atom stereocenters. The first-order chi connectivity index (χ1) is 10.1. The van der Waals surface area contributed by atoms with Gasteiger partial charge in [0.15, 0.2) is 5.96 Å². The zero-order valence-electron chi connectivity index (χ0n) is 12.1. The third-order valence-corrected chi connectivity index (χ3v) is 3.57. The molecule has 7 nitrogen and oxygen atoms in total. The highest BCUT2D eigenvalue weighted by atomic mass is 16.6. The van der Waals surface area contributed by atoms with Gasteiger partial charge < -0.3 is 15.4 Å². The summed E-state index contributed by atoms with van der Waals surface area (Å²) in [5.41, 5.74) is 6.67. The summed E-state index contributed by atoms with van der Waals surface area (Å²) in [5, 5.41) is 10.8. The van der Waals surface area contributed by atoms with Crippen LogP contribution in [-0.2, 0) is 6.54 Å². The molecule has 1 saturated heterocycles. The second-order valence-electron chi connectivity index (χ2n) is 4.98. The Labute approximate surface area is 123 Å². The number of nitrogens with zero attached hydrogens (tertiary/aromatic N) is 3. The Balaban J connectivity index is 2.13. The smallest absolute Gasteiger partial charge is 0.270 e. The highest BCUT2D eigenvalue weighted by Crippen LogP contribution is 2.24. The summed E-state index contributed by atoms with van der Waals surface area (Å²) in [6.07, 6.45) is 3.47. The Morgan fingerprint density at radius 2 is 2.14 bits per heavy atom. The Morgan fingerprint density at radius 3 is 2.76 bits per heavy atom. The van der Waals surface area contributed by atoms with Crippen molar-refractivity contribution in [2.45, 2.75) is 25.8 Å². The van der Waals surface area contributed by atoms with Crippen molar-refractivity contribution in [3.05, 3.63) is 33.9 Å². The molecule has 1 fully saturated rings. The van der Waals surface area contributed by atoms with Gasteiger partial charge in [-0.05, 0) is 25.3 Å². The molecule has 0 aliphatic carbocycles. The van der Waals surface area contributed by atoms with E-state index in [0.717, 1.165) is 25.9 Å². The average Bonchev–Trinajstić information content (AvgIpc) is 2.53. The zero-order valence-corrected chi connectivity index (χ0v) is 12.1. The monoisotopic (exact) mass is 292 g/mol. The molecule has 114 valence electrons. The van der Waals surface area contributed by atoms with E-state index < -0.39 is 4.92 Å². The summed E-state index contributed by atoms with van der Waals surface area (Å²) in [6, 6.07) is 4.48. The number of piperidine rings is 1. The summed E-state index contributed by atoms with van der Waals surface area (Å²) in [7, 11) is 1.53. The fraction of sp³-hybridized carbons (Fsp3) is 0.500. The Morgan fingerprint density at radius 1 is 1.43 bits per heavy atom. The van der Waals surface area contributed by atoms with Crippen LogP contribution in [0.1, 0.15) is 24.8 Å². The standard InChI is InChI=1S/C14H20N4O3/c1-21-13-6-5-12(18(19)20)9-11(13)10-16-14(15)17-7-3-2-4-8-17/h5-6,9H,2-4,7-8,10H2,1H3,(H2,15,16). The summed E-state index contributed by atoms with van der Waals surface area (Å²) in [5.74, 6) is 1.07. The highest BCUT2D eigenvalue weighted by molar-refractivity contribution is 5.78. The lowest BCUT2D eigenvalue weighted by molar-refractivity contribution is -0.384. The summed E-state index contributed by atoms with van der Waals surface area (Å²) < 4.78 is 5.21. The lowest BCUT2D eigenvalue weighted by Gasteiger charge is -2.27. The molecular weight excluding hydrogens is 272 g/mol. The molecule has 0 unspecified atom stereocenters. The van der Waals surface area contributed by atoms with Gasteiger partial charge in [0, 0.05) is 30.8 Å². The van der Waals surface area contributed by atoms with E-state index in [9.17, 15) is 10.1 Å². The molecule has 2 rings (SSSR count). The molecule has 1 aliphatic rings. The van der Waals surface area contributed by atoms with Crippen molar-refractivity contribution in [1.29, 1.82) is 0 Å². The van der Waals surface area contributed by atoms with Crippen LogP contribution in [0.15, 0.2) is 23.2 Å². The molecule has 7 heteroatoms. The molecule has 2 N–H and O–H groups in total. The van der Waals surface area contributed by atoms with E-state index in [2.05, 4.69) is 4.99 Å². The van der Waals surface area contributed by atoms with Gasteiger partial charge in [-0.15, -0.1) is 0 Å². The van der Waals surface area contributed by atoms with E-state index in [-0.39, 0.29) is 12.2 Å². The summed E-state index contributed by atoms with van der Waals surface area (Å²) in [6.45, 7) is 2.11. The third kappa shape index (κ3) is 3.84. The molecule has 0 spiro atoms. The molecule has 1 aliphatic heterocycles. The lowest BCUT2D eigenvalue weighted by atomic mass is 10.1. The Kier molecular flexibility index (Phi) is 4.97. The van der Waals surface area contributed by atoms with Crippen LogP contribution in [0.3, 0.4) is 0 Å². The highest BCUT2D eigenvalue weighted by Gasteiger charge is 2.14. The maximum Gasteiger partial charge on any atom is 0.270 e. The SMILES string of the molecule is COc1ccc([N+](=O)[O-])cc1CN=C(N)N1CCCCC1. The molecule has 0 aromatic heterocycles. The molecular formula is C14H20N4O3. The van der Waals surface area contributed by atoms with E-state index in [0.29, 0.717) is 17.3 Å². The van der Waals surface area contributed by atoms with Gasteiger partial charge in [-0.2, -0.15) is 0 Å². The topological polar surface area (TPSA) is 94.0 Å². The van der Waals surface area contributed by atoms with Crippen LogP contribution in [0.5, 0.6) is 5.75 Å². The number of likely N-dealkylation sites (tertiary alicyclic amines) is 1. The van der Waals surface area contributed by atoms with Crippen molar-refractivity contribution in [1.82, 2.24) is 4.90 Å². The predicted molar refractivity (Wildman–Crippen MR) is 80.4 cm³/mol. The maximum atomic E-state index is 10.8. The number of guanidine groups is 1. The maximum absolute atomic E-state index is 10.8. The van der Waals surface area contributed by atoms with Crippen LogP contribution in [0.25, 0.3) is 0 Å². The summed E-state index contributed by atoms with van der Waals surface area (Å²) >= 11 is 0. The fourth-order valence-corrected chi connectivity index (χ4v) is 2.39. The van der Waals surface area contributed by atoms with Gasteiger partial charge in [-0.25, -0.2) is 4.99 Å². The second kappa shape index (κ2) is 6.92. The number of hydrogen-bond donors (Lipinski definition) is 1. The van der Waals surface area contributed by atoms with Gasteiger partial charge >= 0.3 is 0 Å². The number of methoxy groups -OCH3 is 1. The molecule has 0 saturated carbocycles. The van der Waals surface area contributed by atoms with Crippen molar-refractivity contribution >= 4 is 11.6 Å². The Bertz CT molecular complexity index is 539. The number of nitrogens with two attached hydrogens (primary N) is 1. The van der Waals surface area contributed by atoms with E-state index in [1.807, 2.05) is 4.90 Å². The van der Waals surface area contributed by atoms with Crippen LogP contribution in [0.4, 0.5) is 5.69 Å². The first-order valence-corrected chi connectivity index (χ1v) is 6.98. The van der Waals surface area contributed by atoms with Gasteiger partial charge in [0.25, 0.3) is 5.69 Å². The molecule has 0 radical (unpaired) electrons. The second-order valence-corrected chi connectivity index (χ2v) is 4.98. The fourth-order valence-electron chi connectivity index (χ4n) is 2.39. The first-order valence-electron chi connectivity index (χ1n) is 6.98. The minimum absolute atomic E-state index is 0.0255. The molecule has 0 bridgehead atoms. The van der Waals surface area contributed by atoms with Crippen molar-refractivity contribution in [2.75, 3.05) is 20.2 Å². The van der Waals surface area contributed by atoms with Crippen LogP contribution < -0.4 is 10.5 Å². The van der Waals surface area contributed by atoms with Crippen LogP contribution in [-0.4, -0.2) is 36.0 Å². The van der Waals surface area contributed by atoms with E-state index in [1.54, 1.807) is 6.07 Å². The minimum Gasteiger partial charge on any atom is -0.496 e. The molecule has 1 aromatic carbocycles. The van der Waals surface area contributed by atoms with E-state index in [1.165, 1.54) is 25.7 Å². The number of rotatable bonds is 4. The van der Waals surface area contributed by atoms with Gasteiger partial charge in [0.05, 0.1) is 18.6 Å². The number of ether oxygens (including phenoxy) is 1. The van der Waals surface area contributed by atoms with Crippen molar-refractivity contribution < 1.29 is 9.66 Å². The number of nitro benzene ring substituents is 1. The average molecular weight is 292 g/mol. The Hall–Kier alpha value is -2.31. The zero-order chi connectivity index (χ0) is 15.2. The van der Waals surface area contributed by atoms with Gasteiger partial charge in [0.2, 0.25) is 0 Å². The van der Waals surface area contributed by atoms with Gasteiger partial charge in [-0.1, -0.05) is 0 Å². The molecule has 1 heterocycles. The summed E-state index contributed by atoms with van der Waals surface area (Å²) in [4.78, 5) is 16.8. The van der Waals surface area contributed by atoms with Crippen LogP contribution in [0, 0.1) is 10.1 Å². The van der Waals surface area contributed by atoms with Crippen molar-refractivity contribution in [2.24, 2.45) is 10.7 Å². The number of non-ortho nitro benzene ring substituents is 1. The number of hydrogen-bond acceptors (Lipinski definition) is 4. The first kappa shape index (κ1) is 15.1. The number of aliphatic imine (C=N–C) groups is 1. The minimum atomic E-state index is -0.430. The molecule has 0 amide bonds. The predicted octanol–water partition coefficient (Wildman–Crippen LogP) is 1.90. The van der Waals surface area contributed by atoms with Crippen molar-refractivity contribution in [3.8, 4) is 5.75 Å². The van der Waals surface area contributed by atoms with Crippen molar-refractivity contribution in [3.63, 3.8) is 0 Å². The number of benzene rings is 1. The normalized spacial score (nSPS) is 15.9.